The SMILES string of the molecule is CCN(O)c1nc(NO)nc(N(O)CC)n1. The maximum Gasteiger partial charge on any atom is 0.256 e. The number of nitrogens with zero attached hydrogens (tertiary/aromatic N) is 5. The zero-order valence-electron chi connectivity index (χ0n) is 8.99. The highest BCUT2D eigenvalue weighted by molar-refractivity contribution is 5.41. The van der Waals surface area contributed by atoms with Crippen LogP contribution in [0.15, 0.2) is 0 Å². The van der Waals surface area contributed by atoms with Crippen LogP contribution in [0, 0.1) is 0 Å². The molecule has 0 bridgehead atoms. The molecule has 0 aliphatic heterocycles. The minimum Gasteiger partial charge on any atom is -0.288 e. The number of hydroxylamine groups is 2. The number of nitrogens with one attached hydrogen (secondary N) is 1. The van der Waals surface area contributed by atoms with Crippen LogP contribution in [-0.4, -0.2) is 43.7 Å². The molecule has 0 unspecified atom stereocenters. The molecule has 0 radical (unpaired) electrons. The summed E-state index contributed by atoms with van der Waals surface area (Å²) in [6, 6.07) is 0. The first-order valence-corrected chi connectivity index (χ1v) is 4.71. The van der Waals surface area contributed by atoms with Gasteiger partial charge in [-0.2, -0.15) is 15.0 Å². The van der Waals surface area contributed by atoms with Crippen molar-refractivity contribution < 1.29 is 15.6 Å². The van der Waals surface area contributed by atoms with Crippen LogP contribution < -0.4 is 15.6 Å². The molecule has 0 aromatic carbocycles. The summed E-state index contributed by atoms with van der Waals surface area (Å²) in [6.07, 6.45) is 0. The molecule has 1 aromatic heterocycles. The summed E-state index contributed by atoms with van der Waals surface area (Å²) in [7, 11) is 0. The van der Waals surface area contributed by atoms with Gasteiger partial charge in [-0.1, -0.05) is 0 Å². The third-order valence-electron chi connectivity index (χ3n) is 1.77. The fraction of sp³-hybridized carbons (Fsp3) is 0.571. The monoisotopic (exact) mass is 230 g/mol. The molecule has 9 nitrogen and oxygen atoms in total. The lowest BCUT2D eigenvalue weighted by molar-refractivity contribution is 0.244. The quantitative estimate of drug-likeness (QED) is 0.522. The van der Waals surface area contributed by atoms with Gasteiger partial charge in [-0.25, -0.2) is 15.6 Å². The van der Waals surface area contributed by atoms with E-state index in [2.05, 4.69) is 15.0 Å². The standard InChI is InChI=1S/C7H14N6O3/c1-3-12(15)6-8-5(11-14)9-7(10-6)13(16)4-2/h14-16H,3-4H2,1-2H3,(H,8,9,10,11). The Morgan fingerprint density at radius 2 is 1.44 bits per heavy atom. The largest absolute Gasteiger partial charge is 0.288 e. The van der Waals surface area contributed by atoms with Crippen molar-refractivity contribution in [3.8, 4) is 0 Å². The van der Waals surface area contributed by atoms with Gasteiger partial charge in [0.15, 0.2) is 0 Å². The normalized spacial score (nSPS) is 10.1. The van der Waals surface area contributed by atoms with Gasteiger partial charge < -0.3 is 0 Å². The van der Waals surface area contributed by atoms with Gasteiger partial charge in [-0.05, 0) is 13.8 Å². The van der Waals surface area contributed by atoms with Crippen molar-refractivity contribution in [3.05, 3.63) is 0 Å². The van der Waals surface area contributed by atoms with E-state index in [4.69, 9.17) is 5.21 Å². The van der Waals surface area contributed by atoms with Gasteiger partial charge in [-0.15, -0.1) is 0 Å². The van der Waals surface area contributed by atoms with Gasteiger partial charge in [0.05, 0.1) is 0 Å². The lowest BCUT2D eigenvalue weighted by atomic mass is 10.7. The minimum atomic E-state index is -0.167. The maximum absolute atomic E-state index is 9.40. The second-order valence-electron chi connectivity index (χ2n) is 2.80. The summed E-state index contributed by atoms with van der Waals surface area (Å²) >= 11 is 0. The zero-order valence-corrected chi connectivity index (χ0v) is 8.99. The average Bonchev–Trinajstić information content (AvgIpc) is 2.35. The van der Waals surface area contributed by atoms with E-state index >= 15 is 0 Å². The molecule has 0 fully saturated rings. The fourth-order valence-electron chi connectivity index (χ4n) is 0.918. The molecule has 1 heterocycles. The Morgan fingerprint density at radius 3 is 1.75 bits per heavy atom. The molecule has 0 saturated heterocycles. The second kappa shape index (κ2) is 5.39. The molecule has 1 aromatic rings. The van der Waals surface area contributed by atoms with Gasteiger partial charge in [-0.3, -0.25) is 15.6 Å². The minimum absolute atomic E-state index is 0.0726. The number of aromatic nitrogens is 3. The molecule has 0 amide bonds. The van der Waals surface area contributed by atoms with Crippen molar-refractivity contribution >= 4 is 17.8 Å². The predicted octanol–water partition coefficient (Wildman–Crippen LogP) is 0.104. The van der Waals surface area contributed by atoms with Crippen molar-refractivity contribution in [1.82, 2.24) is 15.0 Å². The van der Waals surface area contributed by atoms with Crippen LogP contribution in [0.1, 0.15) is 13.8 Å². The van der Waals surface area contributed by atoms with E-state index in [1.807, 2.05) is 0 Å². The van der Waals surface area contributed by atoms with Gasteiger partial charge in [0.25, 0.3) is 17.8 Å². The molecule has 0 atom stereocenters. The molecule has 0 spiro atoms. The Bertz CT molecular complexity index is 321. The Labute approximate surface area is 91.9 Å². The van der Waals surface area contributed by atoms with Crippen LogP contribution in [0.25, 0.3) is 0 Å². The highest BCUT2D eigenvalue weighted by Gasteiger charge is 2.13. The molecule has 16 heavy (non-hydrogen) atoms. The van der Waals surface area contributed by atoms with Crippen LogP contribution in [0.2, 0.25) is 0 Å². The first-order chi connectivity index (χ1) is 7.62. The lowest BCUT2D eigenvalue weighted by Gasteiger charge is -2.16. The molecule has 0 saturated carbocycles. The van der Waals surface area contributed by atoms with E-state index in [9.17, 15) is 10.4 Å². The van der Waals surface area contributed by atoms with Gasteiger partial charge >= 0.3 is 0 Å². The second-order valence-corrected chi connectivity index (χ2v) is 2.80. The molecule has 0 aliphatic rings. The van der Waals surface area contributed by atoms with E-state index in [1.54, 1.807) is 19.3 Å². The van der Waals surface area contributed by atoms with E-state index in [1.165, 1.54) is 0 Å². The highest BCUT2D eigenvalue weighted by atomic mass is 16.5. The van der Waals surface area contributed by atoms with Gasteiger partial charge in [0.1, 0.15) is 0 Å². The van der Waals surface area contributed by atoms with Crippen molar-refractivity contribution in [1.29, 1.82) is 0 Å². The molecule has 1 rings (SSSR count). The summed E-state index contributed by atoms with van der Waals surface area (Å²) in [4.78, 5) is 11.2. The first kappa shape index (κ1) is 12.4. The molecule has 90 valence electrons. The molecule has 9 heteroatoms. The van der Waals surface area contributed by atoms with E-state index in [-0.39, 0.29) is 30.9 Å². The van der Waals surface area contributed by atoms with Crippen molar-refractivity contribution in [2.24, 2.45) is 0 Å². The molecular formula is C7H14N6O3. The van der Waals surface area contributed by atoms with Crippen LogP contribution in [-0.2, 0) is 0 Å². The summed E-state index contributed by atoms with van der Waals surface area (Å²) in [6.45, 7) is 3.88. The zero-order chi connectivity index (χ0) is 12.1. The number of rotatable bonds is 5. The number of anilines is 3. The van der Waals surface area contributed by atoms with Crippen molar-refractivity contribution in [3.63, 3.8) is 0 Å². The average molecular weight is 230 g/mol. The van der Waals surface area contributed by atoms with Crippen LogP contribution in [0.5, 0.6) is 0 Å². The first-order valence-electron chi connectivity index (χ1n) is 4.71. The van der Waals surface area contributed by atoms with E-state index in [0.29, 0.717) is 0 Å². The van der Waals surface area contributed by atoms with Crippen LogP contribution in [0.3, 0.4) is 0 Å². The highest BCUT2D eigenvalue weighted by Crippen LogP contribution is 2.13. The third kappa shape index (κ3) is 2.66. The molecule has 4 N–H and O–H groups in total. The summed E-state index contributed by atoms with van der Waals surface area (Å²) < 4.78 is 0. The van der Waals surface area contributed by atoms with E-state index < -0.39 is 0 Å². The van der Waals surface area contributed by atoms with Crippen molar-refractivity contribution in [2.75, 3.05) is 28.7 Å². The topological polar surface area (TPSA) is 118 Å². The van der Waals surface area contributed by atoms with Crippen LogP contribution >= 0.6 is 0 Å². The Balaban J connectivity index is 3.10. The number of hydrogen-bond acceptors (Lipinski definition) is 9. The maximum atomic E-state index is 9.40. The Hall–Kier alpha value is -1.71. The van der Waals surface area contributed by atoms with Crippen LogP contribution in [0.4, 0.5) is 17.8 Å². The summed E-state index contributed by atoms with van der Waals surface area (Å²) in [5.41, 5.74) is 1.73. The molecular weight excluding hydrogens is 216 g/mol. The van der Waals surface area contributed by atoms with E-state index in [0.717, 1.165) is 10.1 Å². The fourth-order valence-corrected chi connectivity index (χ4v) is 0.918. The predicted molar refractivity (Wildman–Crippen MR) is 54.8 cm³/mol. The van der Waals surface area contributed by atoms with Gasteiger partial charge in [0.2, 0.25) is 0 Å². The lowest BCUT2D eigenvalue weighted by Crippen LogP contribution is -2.25. The van der Waals surface area contributed by atoms with Gasteiger partial charge in [0, 0.05) is 13.1 Å². The molecule has 0 aliphatic carbocycles. The smallest absolute Gasteiger partial charge is 0.256 e. The number of hydrogen-bond donors (Lipinski definition) is 4. The Kier molecular flexibility index (Phi) is 4.17. The third-order valence-corrected chi connectivity index (χ3v) is 1.77. The summed E-state index contributed by atoms with van der Waals surface area (Å²) in [5.74, 6) is -0.312. The Morgan fingerprint density at radius 1 is 1.00 bits per heavy atom. The summed E-state index contributed by atoms with van der Waals surface area (Å²) in [5, 5.41) is 29.0. The van der Waals surface area contributed by atoms with Crippen molar-refractivity contribution in [2.45, 2.75) is 13.8 Å².